The fourth-order valence-corrected chi connectivity index (χ4v) is 4.05. The van der Waals surface area contributed by atoms with Gasteiger partial charge < -0.3 is 9.73 Å². The summed E-state index contributed by atoms with van der Waals surface area (Å²) in [6.45, 7) is 4.22. The number of aromatic nitrogens is 1. The second kappa shape index (κ2) is 4.59. The van der Waals surface area contributed by atoms with Crippen molar-refractivity contribution in [2.24, 2.45) is 5.92 Å². The van der Waals surface area contributed by atoms with Crippen molar-refractivity contribution < 1.29 is 4.42 Å². The van der Waals surface area contributed by atoms with Gasteiger partial charge in [-0.15, -0.1) is 0 Å². The van der Waals surface area contributed by atoms with Gasteiger partial charge in [-0.2, -0.15) is 0 Å². The first-order valence-electron chi connectivity index (χ1n) is 7.84. The Morgan fingerprint density at radius 1 is 1.20 bits per heavy atom. The average Bonchev–Trinajstić information content (AvgIpc) is 3.01. The first-order chi connectivity index (χ1) is 9.70. The Morgan fingerprint density at radius 2 is 2.05 bits per heavy atom. The van der Waals surface area contributed by atoms with E-state index in [4.69, 9.17) is 9.40 Å². The Kier molecular flexibility index (Phi) is 2.84. The van der Waals surface area contributed by atoms with Crippen LogP contribution in [0.2, 0.25) is 0 Å². The van der Waals surface area contributed by atoms with E-state index in [-0.39, 0.29) is 0 Å². The number of fused-ring (bicyclic) bond motifs is 2. The third-order valence-electron chi connectivity index (χ3n) is 5.00. The third kappa shape index (κ3) is 1.96. The molecule has 2 aromatic rings. The maximum Gasteiger partial charge on any atom is 0.212 e. The zero-order valence-corrected chi connectivity index (χ0v) is 12.3. The van der Waals surface area contributed by atoms with Crippen LogP contribution in [0.1, 0.15) is 55.2 Å². The van der Waals surface area contributed by atoms with Crippen molar-refractivity contribution in [1.82, 2.24) is 10.3 Å². The Hall–Kier alpha value is -1.35. The van der Waals surface area contributed by atoms with Gasteiger partial charge in [0.25, 0.3) is 0 Å². The van der Waals surface area contributed by atoms with Gasteiger partial charge in [-0.25, -0.2) is 4.98 Å². The molecule has 2 aliphatic rings. The lowest BCUT2D eigenvalue weighted by Gasteiger charge is -2.24. The van der Waals surface area contributed by atoms with Crippen LogP contribution in [0.4, 0.5) is 0 Å². The second-order valence-corrected chi connectivity index (χ2v) is 6.59. The third-order valence-corrected chi connectivity index (χ3v) is 5.00. The molecule has 0 bridgehead atoms. The lowest BCUT2D eigenvalue weighted by atomic mass is 9.85. The molecule has 3 heteroatoms. The standard InChI is InChI=1S/C17H22N2O/c1-10-7-11(2)16-14(8-10)19-17(20-16)15-9-12-5-3-4-6-13(12)18-15/h7-8,12-13,15,18H,3-6,9H2,1-2H3. The predicted octanol–water partition coefficient (Wildman–Crippen LogP) is 4.04. The molecule has 2 fully saturated rings. The number of rotatable bonds is 1. The highest BCUT2D eigenvalue weighted by Crippen LogP contribution is 2.39. The smallest absolute Gasteiger partial charge is 0.212 e. The summed E-state index contributed by atoms with van der Waals surface area (Å²) in [7, 11) is 0. The zero-order chi connectivity index (χ0) is 13.7. The summed E-state index contributed by atoms with van der Waals surface area (Å²) in [6.07, 6.45) is 6.63. The molecule has 0 spiro atoms. The van der Waals surface area contributed by atoms with Gasteiger partial charge in [0.05, 0.1) is 6.04 Å². The van der Waals surface area contributed by atoms with Crippen LogP contribution in [0.3, 0.4) is 0 Å². The minimum atomic E-state index is 0.315. The Morgan fingerprint density at radius 3 is 2.90 bits per heavy atom. The molecule has 106 valence electrons. The van der Waals surface area contributed by atoms with E-state index in [2.05, 4.69) is 31.3 Å². The van der Waals surface area contributed by atoms with Crippen LogP contribution in [0.5, 0.6) is 0 Å². The number of hydrogen-bond acceptors (Lipinski definition) is 3. The maximum absolute atomic E-state index is 6.07. The van der Waals surface area contributed by atoms with Crippen LogP contribution < -0.4 is 5.32 Å². The van der Waals surface area contributed by atoms with Crippen molar-refractivity contribution in [3.05, 3.63) is 29.2 Å². The van der Waals surface area contributed by atoms with E-state index in [1.165, 1.54) is 43.2 Å². The second-order valence-electron chi connectivity index (χ2n) is 6.59. The molecule has 1 aromatic heterocycles. The Bertz CT molecular complexity index is 632. The molecule has 3 atom stereocenters. The van der Waals surface area contributed by atoms with E-state index in [0.29, 0.717) is 12.1 Å². The number of nitrogens with one attached hydrogen (secondary N) is 1. The first-order valence-corrected chi connectivity index (χ1v) is 7.84. The van der Waals surface area contributed by atoms with Crippen LogP contribution in [-0.4, -0.2) is 11.0 Å². The predicted molar refractivity (Wildman–Crippen MR) is 79.7 cm³/mol. The highest BCUT2D eigenvalue weighted by molar-refractivity contribution is 5.77. The van der Waals surface area contributed by atoms with Crippen LogP contribution in [-0.2, 0) is 0 Å². The lowest BCUT2D eigenvalue weighted by molar-refractivity contribution is 0.325. The molecule has 3 unspecified atom stereocenters. The fraction of sp³-hybridized carbons (Fsp3) is 0.588. The topological polar surface area (TPSA) is 38.1 Å². The molecule has 0 radical (unpaired) electrons. The number of hydrogen-bond donors (Lipinski definition) is 1. The van der Waals surface area contributed by atoms with Gasteiger partial charge in [-0.1, -0.05) is 18.9 Å². The summed E-state index contributed by atoms with van der Waals surface area (Å²) in [5.41, 5.74) is 4.41. The highest BCUT2D eigenvalue weighted by atomic mass is 16.3. The van der Waals surface area contributed by atoms with Gasteiger partial charge in [0.1, 0.15) is 5.52 Å². The monoisotopic (exact) mass is 270 g/mol. The van der Waals surface area contributed by atoms with Crippen LogP contribution in [0.15, 0.2) is 16.5 Å². The maximum atomic E-state index is 6.07. The molecule has 1 aliphatic heterocycles. The van der Waals surface area contributed by atoms with Gasteiger partial charge in [0.15, 0.2) is 5.58 Å². The molecular weight excluding hydrogens is 248 g/mol. The van der Waals surface area contributed by atoms with Crippen molar-refractivity contribution in [3.8, 4) is 0 Å². The summed E-state index contributed by atoms with van der Waals surface area (Å²) in [4.78, 5) is 4.75. The molecule has 1 N–H and O–H groups in total. The van der Waals surface area contributed by atoms with E-state index >= 15 is 0 Å². The van der Waals surface area contributed by atoms with Crippen molar-refractivity contribution in [2.75, 3.05) is 0 Å². The Balaban J connectivity index is 1.67. The quantitative estimate of drug-likeness (QED) is 0.850. The number of aryl methyl sites for hydroxylation is 2. The molecule has 0 amide bonds. The van der Waals surface area contributed by atoms with Crippen LogP contribution >= 0.6 is 0 Å². The normalized spacial score (nSPS) is 29.8. The zero-order valence-electron chi connectivity index (χ0n) is 12.3. The molecule has 1 saturated carbocycles. The van der Waals surface area contributed by atoms with E-state index in [1.54, 1.807) is 0 Å². The molecular formula is C17H22N2O. The van der Waals surface area contributed by atoms with Gasteiger partial charge >= 0.3 is 0 Å². The van der Waals surface area contributed by atoms with Crippen molar-refractivity contribution >= 4 is 11.1 Å². The molecule has 4 rings (SSSR count). The summed E-state index contributed by atoms with van der Waals surface area (Å²) >= 11 is 0. The first kappa shape index (κ1) is 12.4. The molecule has 1 aromatic carbocycles. The van der Waals surface area contributed by atoms with Crippen molar-refractivity contribution in [2.45, 2.75) is 58.0 Å². The number of benzene rings is 1. The van der Waals surface area contributed by atoms with Gasteiger partial charge in [0.2, 0.25) is 5.89 Å². The van der Waals surface area contributed by atoms with Gasteiger partial charge in [-0.05, 0) is 56.2 Å². The molecule has 1 saturated heterocycles. The summed E-state index contributed by atoms with van der Waals surface area (Å²) < 4.78 is 6.07. The molecule has 1 aliphatic carbocycles. The van der Waals surface area contributed by atoms with E-state index in [1.807, 2.05) is 0 Å². The summed E-state index contributed by atoms with van der Waals surface area (Å²) in [6, 6.07) is 5.29. The number of oxazole rings is 1. The summed E-state index contributed by atoms with van der Waals surface area (Å²) in [5, 5.41) is 3.75. The van der Waals surface area contributed by atoms with E-state index in [9.17, 15) is 0 Å². The molecule has 20 heavy (non-hydrogen) atoms. The van der Waals surface area contributed by atoms with Crippen molar-refractivity contribution in [3.63, 3.8) is 0 Å². The average molecular weight is 270 g/mol. The highest BCUT2D eigenvalue weighted by Gasteiger charge is 2.37. The largest absolute Gasteiger partial charge is 0.439 e. The van der Waals surface area contributed by atoms with Gasteiger partial charge in [0, 0.05) is 6.04 Å². The number of nitrogens with zero attached hydrogens (tertiary/aromatic N) is 1. The summed E-state index contributed by atoms with van der Waals surface area (Å²) in [5.74, 6) is 1.72. The van der Waals surface area contributed by atoms with E-state index in [0.717, 1.165) is 22.9 Å². The Labute approximate surface area is 119 Å². The minimum Gasteiger partial charge on any atom is -0.439 e. The van der Waals surface area contributed by atoms with Crippen LogP contribution in [0.25, 0.3) is 11.1 Å². The molecule has 2 heterocycles. The fourth-order valence-electron chi connectivity index (χ4n) is 4.05. The lowest BCUT2D eigenvalue weighted by Crippen LogP contribution is -2.30. The molecule has 3 nitrogen and oxygen atoms in total. The SMILES string of the molecule is Cc1cc(C)c2oc(C3CC4CCCCC4N3)nc2c1. The van der Waals surface area contributed by atoms with Crippen LogP contribution in [0, 0.1) is 19.8 Å². The van der Waals surface area contributed by atoms with Crippen molar-refractivity contribution in [1.29, 1.82) is 0 Å². The van der Waals surface area contributed by atoms with E-state index < -0.39 is 0 Å². The van der Waals surface area contributed by atoms with Gasteiger partial charge in [-0.3, -0.25) is 0 Å². The minimum absolute atomic E-state index is 0.315.